The number of halogens is 8. The molecule has 224 valence electrons. The van der Waals surface area contributed by atoms with Crippen molar-refractivity contribution in [2.45, 2.75) is 51.2 Å². The van der Waals surface area contributed by atoms with Crippen LogP contribution >= 0.6 is 23.2 Å². The Morgan fingerprint density at radius 3 is 2.15 bits per heavy atom. The van der Waals surface area contributed by atoms with Gasteiger partial charge in [0.1, 0.15) is 0 Å². The number of nitrogens with zero attached hydrogens (tertiary/aromatic N) is 2. The zero-order chi connectivity index (χ0) is 31.0. The monoisotopic (exact) mass is 645 g/mol. The number of rotatable bonds is 4. The molecule has 7 nitrogen and oxygen atoms in total. The Kier molecular flexibility index (Phi) is 9.41. The van der Waals surface area contributed by atoms with Gasteiger partial charge in [-0.15, -0.1) is 0 Å². The van der Waals surface area contributed by atoms with Crippen LogP contribution < -0.4 is 5.32 Å². The quantitative estimate of drug-likeness (QED) is 0.380. The van der Waals surface area contributed by atoms with Crippen LogP contribution in [0, 0.1) is 6.92 Å². The van der Waals surface area contributed by atoms with E-state index in [9.17, 15) is 40.1 Å². The fourth-order valence-electron chi connectivity index (χ4n) is 4.15. The molecule has 2 aromatic carbocycles. The number of amides is 2. The van der Waals surface area contributed by atoms with Gasteiger partial charge in [-0.25, -0.2) is 4.21 Å². The third-order valence-corrected chi connectivity index (χ3v) is 8.85. The minimum atomic E-state index is -5.24. The molecule has 1 unspecified atom stereocenters. The lowest BCUT2D eigenvalue weighted by atomic mass is 9.86. The topological polar surface area (TPSA) is 97.2 Å². The van der Waals surface area contributed by atoms with Gasteiger partial charge < -0.3 is 10.2 Å². The maximum Gasteiger partial charge on any atom is 0.474 e. The summed E-state index contributed by atoms with van der Waals surface area (Å²) in [7, 11) is -3.43. The first-order valence-corrected chi connectivity index (χ1v) is 14.6. The first kappa shape index (κ1) is 32.7. The molecule has 2 aliphatic rings. The summed E-state index contributed by atoms with van der Waals surface area (Å²) >= 11 is 11.8. The molecule has 2 aliphatic heterocycles. The molecule has 0 aromatic heterocycles. The summed E-state index contributed by atoms with van der Waals surface area (Å²) in [5.74, 6) is -3.97. The summed E-state index contributed by atoms with van der Waals surface area (Å²) in [6.07, 6.45) is -10.8. The van der Waals surface area contributed by atoms with Crippen LogP contribution in [0.25, 0.3) is 0 Å². The van der Waals surface area contributed by atoms with E-state index in [1.54, 1.807) is 0 Å². The highest BCUT2D eigenvalue weighted by molar-refractivity contribution is 7.95. The largest absolute Gasteiger partial charge is 0.474 e. The molecule has 1 fully saturated rings. The summed E-state index contributed by atoms with van der Waals surface area (Å²) in [5, 5.41) is 6.12. The summed E-state index contributed by atoms with van der Waals surface area (Å²) in [6, 6.07) is 6.79. The van der Waals surface area contributed by atoms with E-state index in [1.807, 2.05) is 13.8 Å². The average molecular weight is 646 g/mol. The first-order chi connectivity index (χ1) is 18.9. The Morgan fingerprint density at radius 2 is 1.63 bits per heavy atom. The van der Waals surface area contributed by atoms with Crippen LogP contribution in [0.5, 0.6) is 0 Å². The van der Waals surface area contributed by atoms with Crippen LogP contribution in [0.1, 0.15) is 47.3 Å². The highest BCUT2D eigenvalue weighted by atomic mass is 35.5. The van der Waals surface area contributed by atoms with Crippen molar-refractivity contribution in [3.05, 3.63) is 68.7 Å². The van der Waals surface area contributed by atoms with Crippen molar-refractivity contribution >= 4 is 50.5 Å². The normalized spacial score (nSPS) is 23.8. The van der Waals surface area contributed by atoms with E-state index in [1.165, 1.54) is 31.2 Å². The zero-order valence-electron chi connectivity index (χ0n) is 21.6. The number of oxime groups is 1. The lowest BCUT2D eigenvalue weighted by molar-refractivity contribution is -0.275. The summed E-state index contributed by atoms with van der Waals surface area (Å²) < 4.78 is 94.6. The van der Waals surface area contributed by atoms with Crippen LogP contribution in [0.15, 0.2) is 45.9 Å². The van der Waals surface area contributed by atoms with Gasteiger partial charge in [-0.05, 0) is 48.4 Å². The molecule has 41 heavy (non-hydrogen) atoms. The number of alkyl halides is 6. The second-order valence-electron chi connectivity index (χ2n) is 8.99. The highest BCUT2D eigenvalue weighted by Crippen LogP contribution is 2.49. The highest BCUT2D eigenvalue weighted by Gasteiger charge is 2.62. The smallest absolute Gasteiger partial charge is 0.374 e. The van der Waals surface area contributed by atoms with E-state index in [-0.39, 0.29) is 32.4 Å². The second kappa shape index (κ2) is 11.8. The standard InChI is InChI=1S/C23H17Cl2F6N3O4S.C2H6/c1-11-4-12(18-8-21(38-33-18,23(29,30)31)13-5-14(24)7-15(25)6-13)2-3-17(11)19(35)32-16-9-39(37,10-16)34-20(36)22(26,27)28;1-2/h2-7,16H,8-10H2,1H3,(H,32,35);1-2H3. The van der Waals surface area contributed by atoms with Gasteiger partial charge in [-0.1, -0.05) is 48.3 Å². The molecule has 16 heteroatoms. The Morgan fingerprint density at radius 1 is 1.05 bits per heavy atom. The lowest BCUT2D eigenvalue weighted by Crippen LogP contribution is -2.53. The van der Waals surface area contributed by atoms with Crippen LogP contribution in [0.4, 0.5) is 26.3 Å². The van der Waals surface area contributed by atoms with Gasteiger partial charge in [0, 0.05) is 27.6 Å². The van der Waals surface area contributed by atoms with E-state index >= 15 is 0 Å². The number of benzene rings is 2. The molecule has 0 radical (unpaired) electrons. The fourth-order valence-corrected chi connectivity index (χ4v) is 6.55. The molecule has 2 amide bonds. The molecule has 0 aliphatic carbocycles. The van der Waals surface area contributed by atoms with E-state index in [2.05, 4.69) is 14.8 Å². The minimum Gasteiger partial charge on any atom is -0.374 e. The molecular formula is C25H23Cl2F6N3O4S. The molecule has 0 bridgehead atoms. The molecule has 0 saturated carbocycles. The molecule has 2 aromatic rings. The van der Waals surface area contributed by atoms with Crippen molar-refractivity contribution in [1.29, 1.82) is 0 Å². The Balaban J connectivity index is 0.00000226. The van der Waals surface area contributed by atoms with E-state index < -0.39 is 63.5 Å². The molecular weight excluding hydrogens is 623 g/mol. The number of aryl methyl sites for hydroxylation is 1. The first-order valence-electron chi connectivity index (χ1n) is 12.0. The van der Waals surface area contributed by atoms with Gasteiger partial charge in [0.25, 0.3) is 11.5 Å². The van der Waals surface area contributed by atoms with Crippen molar-refractivity contribution in [1.82, 2.24) is 5.32 Å². The van der Waals surface area contributed by atoms with Crippen molar-refractivity contribution in [3.8, 4) is 0 Å². The van der Waals surface area contributed by atoms with Crippen LogP contribution in [0.2, 0.25) is 10.0 Å². The Labute approximate surface area is 241 Å². The van der Waals surface area contributed by atoms with E-state index in [4.69, 9.17) is 28.0 Å². The van der Waals surface area contributed by atoms with Gasteiger partial charge in [0.2, 0.25) is 0 Å². The molecule has 0 spiro atoms. The van der Waals surface area contributed by atoms with E-state index in [0.29, 0.717) is 5.56 Å². The molecule has 2 heterocycles. The molecule has 1 saturated heterocycles. The number of carbonyl (C=O) groups is 2. The van der Waals surface area contributed by atoms with Crippen LogP contribution in [-0.2, 0) is 25.0 Å². The maximum atomic E-state index is 14.2. The molecule has 4 rings (SSSR count). The Bertz CT molecular complexity index is 1490. The number of hydrogen-bond acceptors (Lipinski definition) is 5. The SMILES string of the molecule is CC.Cc1cc(C2=NOC(c3cc(Cl)cc(Cl)c3)(C(F)(F)F)C2)ccc1C(=O)NC1CS(=O)(=NC(=O)C(F)(F)F)C1. The maximum absolute atomic E-state index is 14.2. The predicted octanol–water partition coefficient (Wildman–Crippen LogP) is 6.58. The van der Waals surface area contributed by atoms with Gasteiger partial charge in [-0.2, -0.15) is 30.7 Å². The fraction of sp³-hybridized carbons (Fsp3) is 0.400. The third-order valence-electron chi connectivity index (χ3n) is 6.07. The van der Waals surface area contributed by atoms with Gasteiger partial charge in [0.15, 0.2) is 0 Å². The zero-order valence-corrected chi connectivity index (χ0v) is 24.0. The number of hydrogen-bond donors (Lipinski definition) is 1. The van der Waals surface area contributed by atoms with Crippen molar-refractivity contribution < 1.29 is 45.0 Å². The van der Waals surface area contributed by atoms with Crippen LogP contribution in [0.3, 0.4) is 0 Å². The number of carbonyl (C=O) groups excluding carboxylic acids is 2. The lowest BCUT2D eigenvalue weighted by Gasteiger charge is -2.30. The second-order valence-corrected chi connectivity index (χ2v) is 12.3. The van der Waals surface area contributed by atoms with Crippen molar-refractivity contribution in [2.75, 3.05) is 11.5 Å². The predicted molar refractivity (Wildman–Crippen MR) is 142 cm³/mol. The minimum absolute atomic E-state index is 0.0210. The van der Waals surface area contributed by atoms with Gasteiger partial charge in [-0.3, -0.25) is 9.59 Å². The summed E-state index contributed by atoms with van der Waals surface area (Å²) in [4.78, 5) is 28.6. The van der Waals surface area contributed by atoms with Crippen molar-refractivity contribution in [2.24, 2.45) is 9.52 Å². The molecule has 1 atom stereocenters. The summed E-state index contributed by atoms with van der Waals surface area (Å²) in [6.45, 7) is 5.52. The average Bonchev–Trinajstić information content (AvgIpc) is 3.30. The van der Waals surface area contributed by atoms with E-state index in [0.717, 1.165) is 12.1 Å². The Hall–Kier alpha value is -2.84. The summed E-state index contributed by atoms with van der Waals surface area (Å²) in [5.41, 5.74) is -2.51. The third kappa shape index (κ3) is 6.97. The molecule has 1 N–H and O–H groups in total. The number of nitrogens with one attached hydrogen (secondary N) is 1. The van der Waals surface area contributed by atoms with Crippen molar-refractivity contribution in [3.63, 3.8) is 0 Å². The van der Waals surface area contributed by atoms with Crippen LogP contribution in [-0.4, -0.2) is 51.6 Å². The van der Waals surface area contributed by atoms with Gasteiger partial charge >= 0.3 is 18.3 Å². The van der Waals surface area contributed by atoms with Gasteiger partial charge in [0.05, 0.1) is 33.0 Å².